The largest absolute Gasteiger partial charge is 0.478 e. The first-order valence-corrected chi connectivity index (χ1v) is 11.3. The van der Waals surface area contributed by atoms with Gasteiger partial charge < -0.3 is 15.6 Å². The molecule has 0 saturated heterocycles. The van der Waals surface area contributed by atoms with Gasteiger partial charge in [0.1, 0.15) is 0 Å². The highest BCUT2D eigenvalue weighted by Gasteiger charge is 2.34. The van der Waals surface area contributed by atoms with Gasteiger partial charge >= 0.3 is 11.9 Å². The molecule has 1 atom stereocenters. The van der Waals surface area contributed by atoms with Crippen LogP contribution in [0, 0.1) is 0 Å². The third-order valence-corrected chi connectivity index (χ3v) is 7.90. The second kappa shape index (κ2) is 8.65. The molecule has 9 heteroatoms. The number of fused-ring (bicyclic) bond motifs is 1. The normalized spacial score (nSPS) is 16.0. The minimum absolute atomic E-state index is 0.0131. The van der Waals surface area contributed by atoms with Gasteiger partial charge in [-0.25, -0.2) is 13.2 Å². The number of ether oxygens (including phenoxy) is 1. The average Bonchev–Trinajstić information content (AvgIpc) is 2.70. The fourth-order valence-corrected chi connectivity index (χ4v) is 5.80. The first kappa shape index (κ1) is 22.1. The molecule has 0 saturated carbocycles. The number of hydrogen-bond acceptors (Lipinski definition) is 6. The number of methoxy groups -OCH3 is 1. The first-order valence-electron chi connectivity index (χ1n) is 9.37. The number of halogens is 1. The zero-order chi connectivity index (χ0) is 22.1. The SMILES string of the molecule is COC(=O)CCc1c2c(cc(N)c1C(=O)O)CC(S(=O)(=O)c1ccc(Cl)cc1)CC2. The van der Waals surface area contributed by atoms with E-state index in [1.807, 2.05) is 0 Å². The summed E-state index contributed by atoms with van der Waals surface area (Å²) in [4.78, 5) is 23.6. The standard InChI is InChI=1S/C21H22ClNO6S/c1-29-19(24)9-8-17-16-7-6-15(10-12(16)11-18(23)20(17)21(25)26)30(27,28)14-4-2-13(22)3-5-14/h2-5,11,15H,6-10,23H2,1H3,(H,25,26). The van der Waals surface area contributed by atoms with Gasteiger partial charge in [0.15, 0.2) is 9.84 Å². The monoisotopic (exact) mass is 451 g/mol. The summed E-state index contributed by atoms with van der Waals surface area (Å²) in [6.45, 7) is 0. The number of aromatic carboxylic acids is 1. The Bertz CT molecular complexity index is 1100. The molecule has 0 fully saturated rings. The molecular weight excluding hydrogens is 430 g/mol. The predicted molar refractivity (Wildman–Crippen MR) is 113 cm³/mol. The molecule has 0 radical (unpaired) electrons. The molecule has 0 aromatic heterocycles. The molecule has 0 amide bonds. The third-order valence-electron chi connectivity index (χ3n) is 5.44. The fourth-order valence-electron chi connectivity index (χ4n) is 3.95. The van der Waals surface area contributed by atoms with Crippen molar-refractivity contribution >= 4 is 39.1 Å². The van der Waals surface area contributed by atoms with Gasteiger partial charge in [0.2, 0.25) is 0 Å². The van der Waals surface area contributed by atoms with Crippen LogP contribution in [0.25, 0.3) is 0 Å². The summed E-state index contributed by atoms with van der Waals surface area (Å²) in [6, 6.07) is 7.58. The molecule has 1 aliphatic rings. The molecule has 1 unspecified atom stereocenters. The number of sulfone groups is 1. The van der Waals surface area contributed by atoms with Gasteiger partial charge in [-0.1, -0.05) is 11.6 Å². The van der Waals surface area contributed by atoms with E-state index in [-0.39, 0.29) is 35.4 Å². The highest BCUT2D eigenvalue weighted by Crippen LogP contribution is 2.35. The Labute approximate surface area is 179 Å². The minimum atomic E-state index is -3.59. The Morgan fingerprint density at radius 2 is 1.93 bits per heavy atom. The first-order chi connectivity index (χ1) is 14.1. The topological polar surface area (TPSA) is 124 Å². The van der Waals surface area contributed by atoms with Crippen LogP contribution in [0.2, 0.25) is 5.02 Å². The summed E-state index contributed by atoms with van der Waals surface area (Å²) in [5.74, 6) is -1.63. The lowest BCUT2D eigenvalue weighted by Crippen LogP contribution is -2.30. The number of carbonyl (C=O) groups is 2. The van der Waals surface area contributed by atoms with Crippen LogP contribution >= 0.6 is 11.6 Å². The van der Waals surface area contributed by atoms with Crippen LogP contribution in [0.3, 0.4) is 0 Å². The molecule has 1 aliphatic carbocycles. The van der Waals surface area contributed by atoms with E-state index in [4.69, 9.17) is 17.3 Å². The van der Waals surface area contributed by atoms with Crippen molar-refractivity contribution in [1.29, 1.82) is 0 Å². The Kier molecular flexibility index (Phi) is 6.38. The Balaban J connectivity index is 1.99. The van der Waals surface area contributed by atoms with E-state index < -0.39 is 27.0 Å². The molecule has 0 spiro atoms. The summed E-state index contributed by atoms with van der Waals surface area (Å²) < 4.78 is 30.8. The smallest absolute Gasteiger partial charge is 0.338 e. The van der Waals surface area contributed by atoms with Crippen LogP contribution in [0.1, 0.15) is 39.9 Å². The number of nitrogen functional groups attached to an aromatic ring is 1. The van der Waals surface area contributed by atoms with E-state index in [9.17, 15) is 23.1 Å². The van der Waals surface area contributed by atoms with Crippen LogP contribution in [0.5, 0.6) is 0 Å². The van der Waals surface area contributed by atoms with Crippen LogP contribution < -0.4 is 5.73 Å². The van der Waals surface area contributed by atoms with Gasteiger partial charge in [-0.2, -0.15) is 0 Å². The van der Waals surface area contributed by atoms with E-state index in [1.165, 1.54) is 31.4 Å². The third kappa shape index (κ3) is 4.29. The summed E-state index contributed by atoms with van der Waals surface area (Å²) in [5.41, 5.74) is 7.97. The van der Waals surface area contributed by atoms with Crippen molar-refractivity contribution < 1.29 is 27.9 Å². The Morgan fingerprint density at radius 3 is 2.53 bits per heavy atom. The Morgan fingerprint density at radius 1 is 1.27 bits per heavy atom. The fraction of sp³-hybridized carbons (Fsp3) is 0.333. The number of anilines is 1. The molecule has 3 rings (SSSR count). The minimum Gasteiger partial charge on any atom is -0.478 e. The highest BCUT2D eigenvalue weighted by molar-refractivity contribution is 7.92. The van der Waals surface area contributed by atoms with Crippen molar-refractivity contribution in [3.8, 4) is 0 Å². The van der Waals surface area contributed by atoms with Crippen molar-refractivity contribution in [3.05, 3.63) is 57.6 Å². The number of esters is 1. The molecule has 0 heterocycles. The number of carboxylic acid groups (broad SMARTS) is 1. The van der Waals surface area contributed by atoms with Gasteiger partial charge in [0, 0.05) is 17.1 Å². The number of hydrogen-bond donors (Lipinski definition) is 2. The number of rotatable bonds is 6. The van der Waals surface area contributed by atoms with Crippen molar-refractivity contribution in [3.63, 3.8) is 0 Å². The maximum absolute atomic E-state index is 13.1. The molecule has 0 bridgehead atoms. The van der Waals surface area contributed by atoms with Crippen LogP contribution in [0.15, 0.2) is 35.2 Å². The van der Waals surface area contributed by atoms with Crippen molar-refractivity contribution in [2.24, 2.45) is 0 Å². The van der Waals surface area contributed by atoms with Gasteiger partial charge in [-0.05, 0) is 72.7 Å². The number of carboxylic acids is 1. The second-order valence-corrected chi connectivity index (χ2v) is 9.87. The van der Waals surface area contributed by atoms with Crippen molar-refractivity contribution in [2.75, 3.05) is 12.8 Å². The molecular formula is C21H22ClNO6S. The summed E-state index contributed by atoms with van der Waals surface area (Å²) in [7, 11) is -2.33. The van der Waals surface area contributed by atoms with Crippen LogP contribution in [-0.4, -0.2) is 37.8 Å². The summed E-state index contributed by atoms with van der Waals surface area (Å²) in [5, 5.41) is 9.41. The van der Waals surface area contributed by atoms with E-state index in [0.29, 0.717) is 29.0 Å². The molecule has 30 heavy (non-hydrogen) atoms. The maximum Gasteiger partial charge on any atom is 0.338 e. The molecule has 2 aromatic carbocycles. The van der Waals surface area contributed by atoms with Gasteiger partial charge in [0.25, 0.3) is 0 Å². The van der Waals surface area contributed by atoms with E-state index in [1.54, 1.807) is 6.07 Å². The van der Waals surface area contributed by atoms with Gasteiger partial charge in [0.05, 0.1) is 22.8 Å². The zero-order valence-electron chi connectivity index (χ0n) is 16.4. The highest BCUT2D eigenvalue weighted by atomic mass is 35.5. The molecule has 2 aromatic rings. The lowest BCUT2D eigenvalue weighted by molar-refractivity contribution is -0.140. The maximum atomic E-state index is 13.1. The lowest BCUT2D eigenvalue weighted by Gasteiger charge is -2.28. The number of benzene rings is 2. The molecule has 160 valence electrons. The van der Waals surface area contributed by atoms with E-state index in [0.717, 1.165) is 5.56 Å². The number of carbonyl (C=O) groups excluding carboxylic acids is 1. The van der Waals surface area contributed by atoms with E-state index in [2.05, 4.69) is 4.74 Å². The lowest BCUT2D eigenvalue weighted by atomic mass is 9.83. The van der Waals surface area contributed by atoms with Crippen molar-refractivity contribution in [1.82, 2.24) is 0 Å². The van der Waals surface area contributed by atoms with Crippen molar-refractivity contribution in [2.45, 2.75) is 42.2 Å². The second-order valence-electron chi connectivity index (χ2n) is 7.20. The van der Waals surface area contributed by atoms with E-state index >= 15 is 0 Å². The summed E-state index contributed by atoms with van der Waals surface area (Å²) >= 11 is 5.86. The zero-order valence-corrected chi connectivity index (χ0v) is 17.9. The molecule has 7 nitrogen and oxygen atoms in total. The van der Waals surface area contributed by atoms with Gasteiger partial charge in [-0.15, -0.1) is 0 Å². The molecule has 3 N–H and O–H groups in total. The van der Waals surface area contributed by atoms with Gasteiger partial charge in [-0.3, -0.25) is 4.79 Å². The predicted octanol–water partition coefficient (Wildman–Crippen LogP) is 3.06. The quantitative estimate of drug-likeness (QED) is 0.510. The summed E-state index contributed by atoms with van der Waals surface area (Å²) in [6.07, 6.45) is 1.11. The van der Waals surface area contributed by atoms with Crippen LogP contribution in [0.4, 0.5) is 5.69 Å². The Hall–Kier alpha value is -2.58. The average molecular weight is 452 g/mol. The molecule has 0 aliphatic heterocycles. The number of nitrogens with two attached hydrogens (primary N) is 1. The van der Waals surface area contributed by atoms with Crippen LogP contribution in [-0.2, 0) is 38.6 Å².